The first-order chi connectivity index (χ1) is 14.4. The minimum atomic E-state index is -0.659. The van der Waals surface area contributed by atoms with Crippen LogP contribution in [0.4, 0.5) is 8.78 Å². The molecule has 3 aromatic rings. The third-order valence-corrected chi connectivity index (χ3v) is 5.82. The van der Waals surface area contributed by atoms with Crippen molar-refractivity contribution in [2.75, 3.05) is 19.7 Å². The summed E-state index contributed by atoms with van der Waals surface area (Å²) >= 11 is 12.1. The average molecular weight is 446 g/mol. The summed E-state index contributed by atoms with van der Waals surface area (Å²) in [6.45, 7) is 0.868. The second-order valence-corrected chi connectivity index (χ2v) is 8.18. The molecule has 3 aromatic carbocycles. The first-order valence-electron chi connectivity index (χ1n) is 9.48. The molecule has 0 saturated carbocycles. The van der Waals surface area contributed by atoms with Gasteiger partial charge in [0.15, 0.2) is 0 Å². The number of benzene rings is 3. The maximum absolute atomic E-state index is 13.6. The van der Waals surface area contributed by atoms with Crippen molar-refractivity contribution in [3.63, 3.8) is 0 Å². The molecular formula is C24H19Cl2F2NO. The van der Waals surface area contributed by atoms with Crippen LogP contribution in [0.15, 0.2) is 72.3 Å². The van der Waals surface area contributed by atoms with E-state index in [0.717, 1.165) is 22.8 Å². The Balaban J connectivity index is 1.66. The maximum atomic E-state index is 13.6. The lowest BCUT2D eigenvalue weighted by Gasteiger charge is -2.42. The number of rotatable bonds is 5. The zero-order chi connectivity index (χ0) is 21.3. The van der Waals surface area contributed by atoms with Crippen LogP contribution in [0.25, 0.3) is 5.57 Å². The highest BCUT2D eigenvalue weighted by Gasteiger charge is 2.32. The van der Waals surface area contributed by atoms with Crippen molar-refractivity contribution in [2.45, 2.75) is 6.04 Å². The molecule has 1 aliphatic rings. The zero-order valence-corrected chi connectivity index (χ0v) is 17.5. The van der Waals surface area contributed by atoms with Gasteiger partial charge in [0.25, 0.3) is 0 Å². The Morgan fingerprint density at radius 3 is 1.73 bits per heavy atom. The lowest BCUT2D eigenvalue weighted by molar-refractivity contribution is 0.201. The van der Waals surface area contributed by atoms with Gasteiger partial charge in [0, 0.05) is 29.2 Å². The number of halogens is 4. The predicted octanol–water partition coefficient (Wildman–Crippen LogP) is 6.12. The SMILES string of the molecule is OCC(=C1CN(C(c2ccc(Cl)cc2)c2ccc(Cl)cc2)C1)c1cc(F)cc(F)c1. The Bertz CT molecular complexity index is 1010. The van der Waals surface area contributed by atoms with Crippen LogP contribution < -0.4 is 0 Å². The van der Waals surface area contributed by atoms with Gasteiger partial charge in [-0.05, 0) is 64.2 Å². The van der Waals surface area contributed by atoms with E-state index in [4.69, 9.17) is 23.2 Å². The number of aliphatic hydroxyl groups is 1. The first kappa shape index (κ1) is 21.0. The van der Waals surface area contributed by atoms with Crippen LogP contribution in [0.3, 0.4) is 0 Å². The zero-order valence-electron chi connectivity index (χ0n) is 16.0. The molecule has 1 heterocycles. The first-order valence-corrected chi connectivity index (χ1v) is 10.2. The molecule has 0 aliphatic carbocycles. The van der Waals surface area contributed by atoms with Crippen LogP contribution in [-0.4, -0.2) is 29.7 Å². The van der Waals surface area contributed by atoms with Gasteiger partial charge in [0.1, 0.15) is 11.6 Å². The molecule has 0 spiro atoms. The normalized spacial score (nSPS) is 14.1. The van der Waals surface area contributed by atoms with Gasteiger partial charge >= 0.3 is 0 Å². The Hall–Kier alpha value is -2.24. The molecule has 1 saturated heterocycles. The highest BCUT2D eigenvalue weighted by atomic mass is 35.5. The summed E-state index contributed by atoms with van der Waals surface area (Å²) in [7, 11) is 0. The fourth-order valence-electron chi connectivity index (χ4n) is 3.86. The number of aliphatic hydroxyl groups excluding tert-OH is 1. The minimum Gasteiger partial charge on any atom is -0.392 e. The molecular weight excluding hydrogens is 427 g/mol. The Kier molecular flexibility index (Phi) is 6.21. The highest BCUT2D eigenvalue weighted by Crippen LogP contribution is 2.37. The Labute approximate surface area is 184 Å². The molecule has 0 aromatic heterocycles. The van der Waals surface area contributed by atoms with Gasteiger partial charge < -0.3 is 5.11 Å². The van der Waals surface area contributed by atoms with Crippen molar-refractivity contribution in [3.05, 3.63) is 111 Å². The maximum Gasteiger partial charge on any atom is 0.126 e. The van der Waals surface area contributed by atoms with Gasteiger partial charge in [0.05, 0.1) is 12.6 Å². The predicted molar refractivity (Wildman–Crippen MR) is 117 cm³/mol. The van der Waals surface area contributed by atoms with Crippen LogP contribution in [0.2, 0.25) is 10.0 Å². The van der Waals surface area contributed by atoms with Crippen LogP contribution in [0, 0.1) is 11.6 Å². The van der Waals surface area contributed by atoms with Crippen molar-refractivity contribution in [2.24, 2.45) is 0 Å². The van der Waals surface area contributed by atoms with Gasteiger partial charge in [-0.1, -0.05) is 47.5 Å². The molecule has 1 fully saturated rings. The van der Waals surface area contributed by atoms with Gasteiger partial charge in [-0.3, -0.25) is 4.90 Å². The van der Waals surface area contributed by atoms with E-state index >= 15 is 0 Å². The van der Waals surface area contributed by atoms with Crippen molar-refractivity contribution in [1.29, 1.82) is 0 Å². The van der Waals surface area contributed by atoms with Crippen LogP contribution >= 0.6 is 23.2 Å². The molecule has 0 unspecified atom stereocenters. The Morgan fingerprint density at radius 2 is 1.30 bits per heavy atom. The molecule has 6 heteroatoms. The lowest BCUT2D eigenvalue weighted by atomic mass is 9.89. The van der Waals surface area contributed by atoms with Crippen LogP contribution in [-0.2, 0) is 0 Å². The summed E-state index contributed by atoms with van der Waals surface area (Å²) in [6, 6.07) is 18.6. The number of likely N-dealkylation sites (tertiary alicyclic amines) is 1. The molecule has 0 atom stereocenters. The molecule has 2 nitrogen and oxygen atoms in total. The van der Waals surface area contributed by atoms with Crippen molar-refractivity contribution >= 4 is 28.8 Å². The van der Waals surface area contributed by atoms with Crippen molar-refractivity contribution in [3.8, 4) is 0 Å². The quantitative estimate of drug-likeness (QED) is 0.510. The summed E-state index contributed by atoms with van der Waals surface area (Å²) in [4.78, 5) is 2.23. The van der Waals surface area contributed by atoms with E-state index in [1.54, 1.807) is 0 Å². The average Bonchev–Trinajstić information content (AvgIpc) is 2.68. The standard InChI is InChI=1S/C24H19Cl2F2NO/c25-19-5-1-15(2-6-19)24(16-3-7-20(26)8-4-16)29-12-18(13-29)23(14-30)17-9-21(27)11-22(28)10-17/h1-11,24,30H,12-14H2. The van der Waals surface area contributed by atoms with Crippen molar-refractivity contribution < 1.29 is 13.9 Å². The third-order valence-electron chi connectivity index (χ3n) is 5.32. The third kappa shape index (κ3) is 4.42. The van der Waals surface area contributed by atoms with E-state index in [1.807, 2.05) is 48.5 Å². The second-order valence-electron chi connectivity index (χ2n) is 7.31. The highest BCUT2D eigenvalue weighted by molar-refractivity contribution is 6.30. The molecule has 1 aliphatic heterocycles. The monoisotopic (exact) mass is 445 g/mol. The second kappa shape index (κ2) is 8.86. The summed E-state index contributed by atoms with van der Waals surface area (Å²) in [5.74, 6) is -1.32. The van der Waals surface area contributed by atoms with Crippen LogP contribution in [0.1, 0.15) is 22.7 Å². The van der Waals surface area contributed by atoms with E-state index in [2.05, 4.69) is 4.90 Å². The molecule has 154 valence electrons. The Morgan fingerprint density at radius 1 is 0.833 bits per heavy atom. The van der Waals surface area contributed by atoms with Gasteiger partial charge in [-0.2, -0.15) is 0 Å². The molecule has 0 bridgehead atoms. The van der Waals surface area contributed by atoms with E-state index in [-0.39, 0.29) is 12.6 Å². The molecule has 1 N–H and O–H groups in total. The van der Waals surface area contributed by atoms with Gasteiger partial charge in [-0.25, -0.2) is 8.78 Å². The van der Waals surface area contributed by atoms with E-state index < -0.39 is 11.6 Å². The molecule has 30 heavy (non-hydrogen) atoms. The lowest BCUT2D eigenvalue weighted by Crippen LogP contribution is -2.44. The fourth-order valence-corrected chi connectivity index (χ4v) is 4.11. The molecule has 0 radical (unpaired) electrons. The largest absolute Gasteiger partial charge is 0.392 e. The van der Waals surface area contributed by atoms with Crippen molar-refractivity contribution in [1.82, 2.24) is 4.90 Å². The number of hydrogen-bond acceptors (Lipinski definition) is 2. The van der Waals surface area contributed by atoms with E-state index in [0.29, 0.717) is 34.3 Å². The summed E-state index contributed by atoms with van der Waals surface area (Å²) in [6.07, 6.45) is 0. The van der Waals surface area contributed by atoms with E-state index in [1.165, 1.54) is 12.1 Å². The summed E-state index contributed by atoms with van der Waals surface area (Å²) in [5.41, 5.74) is 4.04. The smallest absolute Gasteiger partial charge is 0.126 e. The molecule has 0 amide bonds. The van der Waals surface area contributed by atoms with Gasteiger partial charge in [0.2, 0.25) is 0 Å². The van der Waals surface area contributed by atoms with E-state index in [9.17, 15) is 13.9 Å². The van der Waals surface area contributed by atoms with Gasteiger partial charge in [-0.15, -0.1) is 0 Å². The number of hydrogen-bond donors (Lipinski definition) is 1. The fraction of sp³-hybridized carbons (Fsp3) is 0.167. The molecule has 4 rings (SSSR count). The van der Waals surface area contributed by atoms with Crippen LogP contribution in [0.5, 0.6) is 0 Å². The minimum absolute atomic E-state index is 0.0347. The topological polar surface area (TPSA) is 23.5 Å². The summed E-state index contributed by atoms with van der Waals surface area (Å²) in [5, 5.41) is 11.2. The number of nitrogens with zero attached hydrogens (tertiary/aromatic N) is 1. The summed E-state index contributed by atoms with van der Waals surface area (Å²) < 4.78 is 27.3.